The number of rotatable bonds is 4. The molecule has 25 heavy (non-hydrogen) atoms. The standard InChI is InChI=1S/C18H20BrN3O3/c1-24-13-4-5-15(19)14(10-13)18(23)22-8-6-12(7-9-22)17-21-20-16(25-17)11-2-3-11/h4-5,10-12H,2-3,6-9H2,1H3. The summed E-state index contributed by atoms with van der Waals surface area (Å²) in [5.41, 5.74) is 0.631. The summed E-state index contributed by atoms with van der Waals surface area (Å²) >= 11 is 3.46. The van der Waals surface area contributed by atoms with Gasteiger partial charge in [-0.25, -0.2) is 0 Å². The molecule has 132 valence electrons. The van der Waals surface area contributed by atoms with E-state index in [9.17, 15) is 4.79 Å². The Morgan fingerprint density at radius 3 is 2.40 bits per heavy atom. The van der Waals surface area contributed by atoms with Crippen LogP contribution in [0.3, 0.4) is 0 Å². The molecule has 2 aromatic rings. The predicted molar refractivity (Wildman–Crippen MR) is 94.8 cm³/mol. The number of halogens is 1. The molecule has 1 aromatic carbocycles. The van der Waals surface area contributed by atoms with Gasteiger partial charge in [0.25, 0.3) is 5.91 Å². The molecule has 0 N–H and O–H groups in total. The molecular weight excluding hydrogens is 386 g/mol. The van der Waals surface area contributed by atoms with Crippen LogP contribution in [0.4, 0.5) is 0 Å². The fourth-order valence-corrected chi connectivity index (χ4v) is 3.62. The lowest BCUT2D eigenvalue weighted by Gasteiger charge is -2.30. The van der Waals surface area contributed by atoms with Crippen molar-refractivity contribution < 1.29 is 13.9 Å². The number of likely N-dealkylation sites (tertiary alicyclic amines) is 1. The van der Waals surface area contributed by atoms with E-state index in [1.807, 2.05) is 17.0 Å². The first-order chi connectivity index (χ1) is 12.2. The molecule has 0 atom stereocenters. The Balaban J connectivity index is 1.41. The van der Waals surface area contributed by atoms with Crippen LogP contribution >= 0.6 is 15.9 Å². The number of carbonyl (C=O) groups is 1. The lowest BCUT2D eigenvalue weighted by molar-refractivity contribution is 0.0704. The van der Waals surface area contributed by atoms with E-state index >= 15 is 0 Å². The van der Waals surface area contributed by atoms with Crippen molar-refractivity contribution in [1.82, 2.24) is 15.1 Å². The van der Waals surface area contributed by atoms with Crippen LogP contribution in [0.2, 0.25) is 0 Å². The molecule has 2 aliphatic rings. The molecule has 1 amide bonds. The average molecular weight is 406 g/mol. The first-order valence-electron chi connectivity index (χ1n) is 8.62. The minimum Gasteiger partial charge on any atom is -0.497 e. The Morgan fingerprint density at radius 1 is 1.16 bits per heavy atom. The number of hydrogen-bond donors (Lipinski definition) is 0. The minimum atomic E-state index is 0.0217. The number of methoxy groups -OCH3 is 1. The zero-order valence-corrected chi connectivity index (χ0v) is 15.7. The minimum absolute atomic E-state index is 0.0217. The largest absolute Gasteiger partial charge is 0.497 e. The highest BCUT2D eigenvalue weighted by atomic mass is 79.9. The number of aromatic nitrogens is 2. The molecule has 1 saturated carbocycles. The number of hydrogen-bond acceptors (Lipinski definition) is 5. The second-order valence-electron chi connectivity index (χ2n) is 6.67. The Hall–Kier alpha value is -1.89. The summed E-state index contributed by atoms with van der Waals surface area (Å²) in [6, 6.07) is 5.45. The molecule has 0 radical (unpaired) electrons. The predicted octanol–water partition coefficient (Wildman–Crippen LogP) is 3.74. The number of amides is 1. The van der Waals surface area contributed by atoms with Crippen LogP contribution in [-0.2, 0) is 0 Å². The van der Waals surface area contributed by atoms with Gasteiger partial charge < -0.3 is 14.1 Å². The number of nitrogens with zero attached hydrogens (tertiary/aromatic N) is 3. The molecule has 1 aliphatic heterocycles. The number of benzene rings is 1. The smallest absolute Gasteiger partial charge is 0.255 e. The second kappa shape index (κ2) is 6.78. The summed E-state index contributed by atoms with van der Waals surface area (Å²) in [7, 11) is 1.60. The van der Waals surface area contributed by atoms with Crippen LogP contribution < -0.4 is 4.74 Å². The first-order valence-corrected chi connectivity index (χ1v) is 9.41. The molecule has 4 rings (SSSR count). The van der Waals surface area contributed by atoms with Crippen molar-refractivity contribution in [3.05, 3.63) is 40.0 Å². The van der Waals surface area contributed by atoms with Gasteiger partial charge in [0.15, 0.2) is 0 Å². The van der Waals surface area contributed by atoms with E-state index in [-0.39, 0.29) is 11.8 Å². The van der Waals surface area contributed by atoms with Gasteiger partial charge in [-0.15, -0.1) is 10.2 Å². The Labute approximate surface area is 154 Å². The van der Waals surface area contributed by atoms with Crippen LogP contribution in [0.1, 0.15) is 59.7 Å². The Kier molecular flexibility index (Phi) is 4.50. The van der Waals surface area contributed by atoms with Gasteiger partial charge in [-0.05, 0) is 59.8 Å². The van der Waals surface area contributed by atoms with Gasteiger partial charge in [0.2, 0.25) is 11.8 Å². The molecule has 0 unspecified atom stereocenters. The maximum atomic E-state index is 12.8. The third-order valence-electron chi connectivity index (χ3n) is 4.92. The SMILES string of the molecule is COc1ccc(Br)c(C(=O)N2CCC(c3nnc(C4CC4)o3)CC2)c1. The molecule has 1 aromatic heterocycles. The monoisotopic (exact) mass is 405 g/mol. The molecular formula is C18H20BrN3O3. The van der Waals surface area contributed by atoms with Crippen LogP contribution in [-0.4, -0.2) is 41.2 Å². The lowest BCUT2D eigenvalue weighted by atomic mass is 9.96. The van der Waals surface area contributed by atoms with Crippen molar-refractivity contribution in [1.29, 1.82) is 0 Å². The Bertz CT molecular complexity index is 780. The highest BCUT2D eigenvalue weighted by Gasteiger charge is 2.32. The zero-order chi connectivity index (χ0) is 17.4. The van der Waals surface area contributed by atoms with E-state index in [4.69, 9.17) is 9.15 Å². The summed E-state index contributed by atoms with van der Waals surface area (Å²) in [6.07, 6.45) is 4.01. The molecule has 7 heteroatoms. The summed E-state index contributed by atoms with van der Waals surface area (Å²) in [5, 5.41) is 8.39. The van der Waals surface area contributed by atoms with Crippen LogP contribution in [0.5, 0.6) is 5.75 Å². The first kappa shape index (κ1) is 16.6. The van der Waals surface area contributed by atoms with E-state index < -0.39 is 0 Å². The van der Waals surface area contributed by atoms with Gasteiger partial charge in [-0.1, -0.05) is 0 Å². The third kappa shape index (κ3) is 3.42. The fourth-order valence-electron chi connectivity index (χ4n) is 3.20. The summed E-state index contributed by atoms with van der Waals surface area (Å²) < 4.78 is 11.8. The molecule has 2 heterocycles. The van der Waals surface area contributed by atoms with E-state index in [1.54, 1.807) is 13.2 Å². The van der Waals surface area contributed by atoms with E-state index in [2.05, 4.69) is 26.1 Å². The van der Waals surface area contributed by atoms with E-state index in [0.29, 0.717) is 30.3 Å². The third-order valence-corrected chi connectivity index (χ3v) is 5.61. The molecule has 0 spiro atoms. The zero-order valence-electron chi connectivity index (χ0n) is 14.1. The summed E-state index contributed by atoms with van der Waals surface area (Å²) in [6.45, 7) is 1.38. The van der Waals surface area contributed by atoms with Crippen molar-refractivity contribution in [2.75, 3.05) is 20.2 Å². The van der Waals surface area contributed by atoms with E-state index in [0.717, 1.165) is 41.9 Å². The number of carbonyl (C=O) groups excluding carboxylic acids is 1. The lowest BCUT2D eigenvalue weighted by Crippen LogP contribution is -2.38. The van der Waals surface area contributed by atoms with Crippen LogP contribution in [0, 0.1) is 0 Å². The molecule has 2 fully saturated rings. The molecule has 0 bridgehead atoms. The van der Waals surface area contributed by atoms with Crippen molar-refractivity contribution in [3.8, 4) is 5.75 Å². The molecule has 6 nitrogen and oxygen atoms in total. The quantitative estimate of drug-likeness (QED) is 0.774. The highest BCUT2D eigenvalue weighted by Crippen LogP contribution is 2.40. The normalized spacial score (nSPS) is 18.4. The summed E-state index contributed by atoms with van der Waals surface area (Å²) in [4.78, 5) is 14.7. The molecule has 1 aliphatic carbocycles. The number of ether oxygens (including phenoxy) is 1. The molecule has 1 saturated heterocycles. The van der Waals surface area contributed by atoms with Gasteiger partial charge in [0.1, 0.15) is 5.75 Å². The maximum absolute atomic E-state index is 12.8. The van der Waals surface area contributed by atoms with Gasteiger partial charge in [-0.2, -0.15) is 0 Å². The van der Waals surface area contributed by atoms with Crippen LogP contribution in [0.15, 0.2) is 27.1 Å². The number of piperidine rings is 1. The highest BCUT2D eigenvalue weighted by molar-refractivity contribution is 9.10. The van der Waals surface area contributed by atoms with Crippen molar-refractivity contribution >= 4 is 21.8 Å². The maximum Gasteiger partial charge on any atom is 0.255 e. The average Bonchev–Trinajstić information content (AvgIpc) is 3.39. The van der Waals surface area contributed by atoms with Gasteiger partial charge in [0, 0.05) is 29.4 Å². The van der Waals surface area contributed by atoms with Gasteiger partial charge in [0.05, 0.1) is 12.7 Å². The summed E-state index contributed by atoms with van der Waals surface area (Å²) in [5.74, 6) is 2.95. The van der Waals surface area contributed by atoms with Crippen molar-refractivity contribution in [2.45, 2.75) is 37.5 Å². The van der Waals surface area contributed by atoms with Crippen molar-refractivity contribution in [2.24, 2.45) is 0 Å². The van der Waals surface area contributed by atoms with Gasteiger partial charge >= 0.3 is 0 Å². The van der Waals surface area contributed by atoms with E-state index in [1.165, 1.54) is 0 Å². The topological polar surface area (TPSA) is 68.5 Å². The Morgan fingerprint density at radius 2 is 1.80 bits per heavy atom. The van der Waals surface area contributed by atoms with Crippen LogP contribution in [0.25, 0.3) is 0 Å². The van der Waals surface area contributed by atoms with Gasteiger partial charge in [-0.3, -0.25) is 4.79 Å². The second-order valence-corrected chi connectivity index (χ2v) is 7.52. The fraction of sp³-hybridized carbons (Fsp3) is 0.500. The van der Waals surface area contributed by atoms with Crippen molar-refractivity contribution in [3.63, 3.8) is 0 Å².